The number of hydrogen-bond acceptors (Lipinski definition) is 2. The highest BCUT2D eigenvalue weighted by Crippen LogP contribution is 2.18. The van der Waals surface area contributed by atoms with Gasteiger partial charge < -0.3 is 9.84 Å². The van der Waals surface area contributed by atoms with Crippen molar-refractivity contribution in [3.05, 3.63) is 0 Å². The quantitative estimate of drug-likeness (QED) is 0.540. The second kappa shape index (κ2) is 2.46. The lowest BCUT2D eigenvalue weighted by molar-refractivity contribution is 0.0431. The summed E-state index contributed by atoms with van der Waals surface area (Å²) in [5.41, 5.74) is 0. The Morgan fingerprint density at radius 1 is 2.00 bits per heavy atom. The lowest BCUT2D eigenvalue weighted by atomic mass is 10.1. The molecule has 0 bridgehead atoms. The maximum atomic E-state index is 8.65. The number of hydrogen-bond donors (Lipinski definition) is 1. The fraction of sp³-hybridized carbons (Fsp3) is 1.00. The molecular formula is C6H12O2. The molecule has 0 aliphatic carbocycles. The predicted octanol–water partition coefficient (Wildman–Crippen LogP) is 0.404. The molecule has 0 spiro atoms. The van der Waals surface area contributed by atoms with Crippen molar-refractivity contribution in [2.75, 3.05) is 13.2 Å². The van der Waals surface area contributed by atoms with Crippen LogP contribution in [0.3, 0.4) is 0 Å². The molecule has 0 amide bonds. The van der Waals surface area contributed by atoms with E-state index in [4.69, 9.17) is 11.2 Å². The average Bonchev–Trinajstić information content (AvgIpc) is 2.10. The first kappa shape index (κ1) is 4.77. The Hall–Kier alpha value is -0.0800. The van der Waals surface area contributed by atoms with Crippen molar-refractivity contribution in [3.8, 4) is 0 Å². The zero-order valence-electron chi connectivity index (χ0n) is 6.00. The van der Waals surface area contributed by atoms with E-state index in [0.29, 0.717) is 5.92 Å². The third-order valence-electron chi connectivity index (χ3n) is 1.55. The number of aliphatic hydroxyl groups excluding tert-OH is 1. The van der Waals surface area contributed by atoms with E-state index in [0.717, 1.165) is 6.42 Å². The molecule has 1 aliphatic rings. The topological polar surface area (TPSA) is 29.5 Å². The molecule has 1 rings (SSSR count). The molecule has 3 atom stereocenters. The first-order valence-corrected chi connectivity index (χ1v) is 2.92. The van der Waals surface area contributed by atoms with Gasteiger partial charge in [-0.15, -0.1) is 0 Å². The largest absolute Gasteiger partial charge is 0.394 e. The fourth-order valence-electron chi connectivity index (χ4n) is 0.840. The zero-order chi connectivity index (χ0) is 6.85. The first-order valence-electron chi connectivity index (χ1n) is 3.50. The molecule has 0 aromatic rings. The predicted molar refractivity (Wildman–Crippen MR) is 30.6 cm³/mol. The Labute approximate surface area is 50.9 Å². The van der Waals surface area contributed by atoms with Crippen molar-refractivity contribution < 1.29 is 11.2 Å². The summed E-state index contributed by atoms with van der Waals surface area (Å²) in [6.45, 7) is 1.64. The third kappa shape index (κ3) is 1.01. The summed E-state index contributed by atoms with van der Waals surface area (Å²) in [6, 6.07) is 0. The molecule has 0 saturated carbocycles. The summed E-state index contributed by atoms with van der Waals surface area (Å²) in [4.78, 5) is 0. The second-order valence-electron chi connectivity index (χ2n) is 2.24. The molecular weight excluding hydrogens is 104 g/mol. The van der Waals surface area contributed by atoms with Gasteiger partial charge in [0.1, 0.15) is 0 Å². The van der Waals surface area contributed by atoms with Crippen LogP contribution in [0.5, 0.6) is 0 Å². The highest BCUT2D eigenvalue weighted by molar-refractivity contribution is 4.70. The zero-order valence-corrected chi connectivity index (χ0v) is 5.00. The van der Waals surface area contributed by atoms with Crippen LogP contribution in [0.25, 0.3) is 0 Å². The van der Waals surface area contributed by atoms with Crippen LogP contribution >= 0.6 is 0 Å². The molecule has 1 fully saturated rings. The average molecular weight is 118 g/mol. The van der Waals surface area contributed by atoms with E-state index < -0.39 is 6.58 Å². The van der Waals surface area contributed by atoms with E-state index in [1.165, 1.54) is 0 Å². The van der Waals surface area contributed by atoms with Crippen LogP contribution in [0.1, 0.15) is 14.7 Å². The Morgan fingerprint density at radius 3 is 3.00 bits per heavy atom. The van der Waals surface area contributed by atoms with Crippen LogP contribution in [0, 0.1) is 5.92 Å². The molecule has 1 heterocycles. The molecule has 2 nitrogen and oxygen atoms in total. The minimum Gasteiger partial charge on any atom is -0.394 e. The fourth-order valence-corrected chi connectivity index (χ4v) is 0.840. The lowest BCUT2D eigenvalue weighted by Crippen LogP contribution is -2.17. The molecule has 0 unspecified atom stereocenters. The second-order valence-corrected chi connectivity index (χ2v) is 2.24. The van der Waals surface area contributed by atoms with Crippen LogP contribution < -0.4 is 0 Å². The molecule has 8 heavy (non-hydrogen) atoms. The van der Waals surface area contributed by atoms with Crippen LogP contribution in [-0.2, 0) is 4.74 Å². The van der Waals surface area contributed by atoms with Crippen molar-refractivity contribution in [2.24, 2.45) is 5.92 Å². The number of rotatable bonds is 1. The van der Waals surface area contributed by atoms with Crippen LogP contribution in [0.15, 0.2) is 0 Å². The van der Waals surface area contributed by atoms with Crippen molar-refractivity contribution in [2.45, 2.75) is 19.4 Å². The van der Waals surface area contributed by atoms with Crippen LogP contribution in [0.4, 0.5) is 0 Å². The monoisotopic (exact) mass is 118 g/mol. The molecule has 2 heteroatoms. The highest BCUT2D eigenvalue weighted by atomic mass is 16.5. The maximum Gasteiger partial charge on any atom is 0.0832 e. The van der Waals surface area contributed by atoms with Crippen LogP contribution in [-0.4, -0.2) is 24.4 Å². The molecule has 48 valence electrons. The molecule has 0 radical (unpaired) electrons. The van der Waals surface area contributed by atoms with Crippen molar-refractivity contribution in [1.29, 1.82) is 0 Å². The molecule has 0 aromatic carbocycles. The van der Waals surface area contributed by atoms with Gasteiger partial charge in [-0.05, 0) is 12.3 Å². The summed E-state index contributed by atoms with van der Waals surface area (Å²) in [6.07, 6.45) is 0.665. The van der Waals surface area contributed by atoms with Gasteiger partial charge in [0.25, 0.3) is 0 Å². The molecule has 0 aromatic heterocycles. The van der Waals surface area contributed by atoms with Crippen molar-refractivity contribution in [3.63, 3.8) is 0 Å². The van der Waals surface area contributed by atoms with E-state index in [2.05, 4.69) is 0 Å². The summed E-state index contributed by atoms with van der Waals surface area (Å²) in [5.74, 6) is 0.345. The Balaban J connectivity index is 2.38. The molecule has 1 aliphatic heterocycles. The molecule has 1 saturated heterocycles. The van der Waals surface area contributed by atoms with E-state index in [9.17, 15) is 0 Å². The summed E-state index contributed by atoms with van der Waals surface area (Å²) in [7, 11) is 0. The molecule has 1 N–H and O–H groups in total. The number of aliphatic hydroxyl groups is 1. The summed E-state index contributed by atoms with van der Waals surface area (Å²) >= 11 is 0. The summed E-state index contributed by atoms with van der Waals surface area (Å²) < 4.78 is 12.2. The number of ether oxygens (including phenoxy) is 1. The standard InChI is InChI=1S/C6H12O2/c1-5-2-3-8-6(5)4-7/h5-7H,2-4H2,1H3/t5-,6+/m0/s1/i3T/t3-,5-,6+. The van der Waals surface area contributed by atoms with E-state index in [1.807, 2.05) is 6.92 Å². The van der Waals surface area contributed by atoms with Gasteiger partial charge in [0.15, 0.2) is 0 Å². The Morgan fingerprint density at radius 2 is 2.75 bits per heavy atom. The van der Waals surface area contributed by atoms with Gasteiger partial charge >= 0.3 is 0 Å². The first-order chi connectivity index (χ1) is 4.24. The lowest BCUT2D eigenvalue weighted by Gasteiger charge is -2.08. The van der Waals surface area contributed by atoms with Crippen molar-refractivity contribution in [1.82, 2.24) is 0 Å². The van der Waals surface area contributed by atoms with Gasteiger partial charge in [-0.25, -0.2) is 0 Å². The van der Waals surface area contributed by atoms with Gasteiger partial charge in [-0.3, -0.25) is 0 Å². The van der Waals surface area contributed by atoms with Gasteiger partial charge in [0, 0.05) is 6.58 Å². The summed E-state index contributed by atoms with van der Waals surface area (Å²) in [5, 5.41) is 8.65. The minimum absolute atomic E-state index is 0.0521. The SMILES string of the molecule is [3H][C@H]1C[C@H](C)[C@@H](CO)O1. The van der Waals surface area contributed by atoms with Crippen molar-refractivity contribution >= 4 is 0 Å². The van der Waals surface area contributed by atoms with E-state index in [-0.39, 0.29) is 12.7 Å². The Bertz CT molecular complexity index is 97.1. The van der Waals surface area contributed by atoms with E-state index >= 15 is 0 Å². The smallest absolute Gasteiger partial charge is 0.0832 e. The van der Waals surface area contributed by atoms with E-state index in [1.54, 1.807) is 0 Å². The highest BCUT2D eigenvalue weighted by Gasteiger charge is 2.22. The maximum absolute atomic E-state index is 8.65. The van der Waals surface area contributed by atoms with Gasteiger partial charge in [0.05, 0.1) is 14.1 Å². The van der Waals surface area contributed by atoms with Gasteiger partial charge in [-0.2, -0.15) is 0 Å². The third-order valence-corrected chi connectivity index (χ3v) is 1.55. The van der Waals surface area contributed by atoms with Gasteiger partial charge in [-0.1, -0.05) is 6.92 Å². The Kier molecular flexibility index (Phi) is 1.47. The van der Waals surface area contributed by atoms with Crippen LogP contribution in [0.2, 0.25) is 0 Å². The minimum atomic E-state index is -0.405. The normalized spacial score (nSPS) is 49.2. The van der Waals surface area contributed by atoms with Gasteiger partial charge in [0.2, 0.25) is 0 Å².